The van der Waals surface area contributed by atoms with E-state index in [1.165, 1.54) is 0 Å². The van der Waals surface area contributed by atoms with E-state index in [9.17, 15) is 29.7 Å². The molecule has 11 nitrogen and oxygen atoms in total. The number of carboxylic acid groups (broad SMARTS) is 3. The quantitative estimate of drug-likeness (QED) is 0.163. The summed E-state index contributed by atoms with van der Waals surface area (Å²) in [5.74, 6) is -3.90. The minimum absolute atomic E-state index is 0.0136. The first kappa shape index (κ1) is 33.6. The Hall–Kier alpha value is -4.77. The molecule has 1 fully saturated rings. The van der Waals surface area contributed by atoms with Gasteiger partial charge in [0, 0.05) is 75.2 Å². The van der Waals surface area contributed by atoms with Crippen LogP contribution in [0, 0.1) is 32.6 Å². The molecule has 3 aromatic rings. The zero-order chi connectivity index (χ0) is 34.3. The van der Waals surface area contributed by atoms with Crippen molar-refractivity contribution in [1.29, 1.82) is 0 Å². The fraction of sp³-hybridized carbons (Fsp3) is 0.417. The van der Waals surface area contributed by atoms with Gasteiger partial charge in [-0.15, -0.1) is 0 Å². The van der Waals surface area contributed by atoms with Crippen LogP contribution in [0.3, 0.4) is 0 Å². The Bertz CT molecular complexity index is 1950. The Morgan fingerprint density at radius 1 is 0.872 bits per heavy atom. The third kappa shape index (κ3) is 6.19. The molecule has 5 heterocycles. The molecule has 2 aliphatic rings. The standard InChI is InChI=1S/C36H44N4O7/c1-8-21-16(3)24-15-29-32(20(7)47-9-2)18(5)26(38-29)13-25-17(4)22(10-11-30(41)42)34(39-25)23(12-31(43)44)35-33(36(45)46)19(6)27(40-35)14-28(21)37-24/h13-15,17,20,22,37-40H,8-12H2,1-7H3,(H,41,42)(H,43,44)(H,45,46)/t17-,20?,22-/m0/s1. The van der Waals surface area contributed by atoms with Crippen molar-refractivity contribution in [2.24, 2.45) is 11.8 Å². The molecule has 11 heteroatoms. The number of H-pyrrole nitrogens is 3. The third-order valence-electron chi connectivity index (χ3n) is 9.74. The maximum atomic E-state index is 12.8. The predicted octanol–water partition coefficient (Wildman–Crippen LogP) is 4.87. The molecule has 3 atom stereocenters. The first-order chi connectivity index (χ1) is 22.3. The highest BCUT2D eigenvalue weighted by atomic mass is 16.5. The summed E-state index contributed by atoms with van der Waals surface area (Å²) in [6.07, 6.45) is 6.13. The molecule has 1 saturated heterocycles. The molecular weight excluding hydrogens is 600 g/mol. The number of rotatable bonds is 10. The SMILES string of the molecule is CCOC(C)c1c2[nH]c(c1C)C=C1NC(=C(CC(=O)O)c3[nH]c(c(C)c3C(=O)O)C=c3[nH]c(c(C)c3CC)=C2)[C@@H](CCC(=O)O)[C@@H]1C. The van der Waals surface area contributed by atoms with E-state index in [-0.39, 0.29) is 41.7 Å². The first-order valence-electron chi connectivity index (χ1n) is 16.1. The summed E-state index contributed by atoms with van der Waals surface area (Å²) in [5, 5.41) is 35.3. The third-order valence-corrected chi connectivity index (χ3v) is 9.74. The molecular formula is C36H44N4O7. The van der Waals surface area contributed by atoms with Crippen molar-refractivity contribution in [3.05, 3.63) is 78.2 Å². The number of fused-ring (bicyclic) bond motifs is 8. The number of aromatic nitrogens is 3. The monoisotopic (exact) mass is 644 g/mol. The summed E-state index contributed by atoms with van der Waals surface area (Å²) >= 11 is 0. The van der Waals surface area contributed by atoms with E-state index in [1.807, 2.05) is 39.8 Å². The maximum absolute atomic E-state index is 12.8. The van der Waals surface area contributed by atoms with Crippen LogP contribution in [0.1, 0.15) is 114 Å². The Morgan fingerprint density at radius 2 is 1.55 bits per heavy atom. The molecule has 3 aromatic heterocycles. The van der Waals surface area contributed by atoms with Crippen LogP contribution in [-0.4, -0.2) is 54.8 Å². The average molecular weight is 645 g/mol. The van der Waals surface area contributed by atoms with Crippen molar-refractivity contribution >= 4 is 41.7 Å². The molecule has 7 N–H and O–H groups in total. The number of nitrogens with one attached hydrogen (secondary N) is 4. The molecule has 1 unspecified atom stereocenters. The van der Waals surface area contributed by atoms with Gasteiger partial charge in [0.1, 0.15) is 0 Å². The Labute approximate surface area is 273 Å². The molecule has 0 amide bonds. The summed E-state index contributed by atoms with van der Waals surface area (Å²) in [4.78, 5) is 47.3. The molecule has 250 valence electrons. The second-order valence-corrected chi connectivity index (χ2v) is 12.5. The highest BCUT2D eigenvalue weighted by molar-refractivity contribution is 5.99. The van der Waals surface area contributed by atoms with Gasteiger partial charge in [-0.25, -0.2) is 4.79 Å². The van der Waals surface area contributed by atoms with Gasteiger partial charge >= 0.3 is 17.9 Å². The average Bonchev–Trinajstić information content (AvgIpc) is 3.68. The van der Waals surface area contributed by atoms with Crippen molar-refractivity contribution in [1.82, 2.24) is 20.3 Å². The van der Waals surface area contributed by atoms with E-state index in [0.29, 0.717) is 23.6 Å². The van der Waals surface area contributed by atoms with Gasteiger partial charge in [0.05, 0.1) is 23.8 Å². The summed E-state index contributed by atoms with van der Waals surface area (Å²) in [5.41, 5.74) is 8.67. The summed E-state index contributed by atoms with van der Waals surface area (Å²) in [6, 6.07) is 0. The molecule has 47 heavy (non-hydrogen) atoms. The number of aromatic amines is 3. The largest absolute Gasteiger partial charge is 0.481 e. The first-order valence-corrected chi connectivity index (χ1v) is 16.1. The summed E-state index contributed by atoms with van der Waals surface area (Å²) in [6.45, 7) is 14.4. The number of allylic oxidation sites excluding steroid dienone is 2. The van der Waals surface area contributed by atoms with Crippen LogP contribution < -0.4 is 16.0 Å². The minimum Gasteiger partial charge on any atom is -0.481 e. The lowest BCUT2D eigenvalue weighted by Gasteiger charge is -2.18. The lowest BCUT2D eigenvalue weighted by Crippen LogP contribution is -2.16. The van der Waals surface area contributed by atoms with Crippen LogP contribution in [0.2, 0.25) is 0 Å². The van der Waals surface area contributed by atoms with Gasteiger partial charge < -0.3 is 40.3 Å². The fourth-order valence-corrected chi connectivity index (χ4v) is 7.30. The van der Waals surface area contributed by atoms with Crippen molar-refractivity contribution in [3.63, 3.8) is 0 Å². The topological polar surface area (TPSA) is 181 Å². The second kappa shape index (κ2) is 13.2. The smallest absolute Gasteiger partial charge is 0.338 e. The van der Waals surface area contributed by atoms with Gasteiger partial charge in [0.15, 0.2) is 0 Å². The van der Waals surface area contributed by atoms with Gasteiger partial charge in [0.2, 0.25) is 0 Å². The van der Waals surface area contributed by atoms with Crippen molar-refractivity contribution in [2.75, 3.05) is 6.61 Å². The molecule has 0 radical (unpaired) electrons. The van der Waals surface area contributed by atoms with E-state index < -0.39 is 30.2 Å². The van der Waals surface area contributed by atoms with E-state index in [4.69, 9.17) is 4.74 Å². The second-order valence-electron chi connectivity index (χ2n) is 12.5. The molecule has 2 aliphatic heterocycles. The van der Waals surface area contributed by atoms with E-state index in [2.05, 4.69) is 40.2 Å². The highest BCUT2D eigenvalue weighted by Gasteiger charge is 2.37. The molecule has 0 aromatic carbocycles. The number of aromatic carboxylic acids is 1. The molecule has 0 aliphatic carbocycles. The summed E-state index contributed by atoms with van der Waals surface area (Å²) in [7, 11) is 0. The minimum atomic E-state index is -1.18. The van der Waals surface area contributed by atoms with Crippen molar-refractivity contribution in [2.45, 2.75) is 80.3 Å². The zero-order valence-electron chi connectivity index (χ0n) is 28.0. The Balaban J connectivity index is 1.94. The van der Waals surface area contributed by atoms with Crippen LogP contribution in [0.25, 0.3) is 23.8 Å². The molecule has 5 rings (SSSR count). The number of aliphatic carboxylic acids is 2. The Kier molecular flexibility index (Phi) is 9.40. The number of carboxylic acids is 3. The molecule has 0 spiro atoms. The van der Waals surface area contributed by atoms with E-state index >= 15 is 0 Å². The van der Waals surface area contributed by atoms with Gasteiger partial charge in [-0.2, -0.15) is 0 Å². The zero-order valence-corrected chi connectivity index (χ0v) is 28.0. The van der Waals surface area contributed by atoms with Gasteiger partial charge in [0.25, 0.3) is 0 Å². The highest BCUT2D eigenvalue weighted by Crippen LogP contribution is 2.43. The fourth-order valence-electron chi connectivity index (χ4n) is 7.30. The van der Waals surface area contributed by atoms with Gasteiger partial charge in [-0.1, -0.05) is 13.8 Å². The summed E-state index contributed by atoms with van der Waals surface area (Å²) < 4.78 is 6.07. The number of carbonyl (C=O) groups is 3. The van der Waals surface area contributed by atoms with Crippen molar-refractivity contribution < 1.29 is 34.4 Å². The van der Waals surface area contributed by atoms with Gasteiger partial charge in [-0.05, 0) is 87.9 Å². The van der Waals surface area contributed by atoms with Crippen LogP contribution >= 0.6 is 0 Å². The van der Waals surface area contributed by atoms with Crippen LogP contribution in [0.5, 0.6) is 0 Å². The Morgan fingerprint density at radius 3 is 2.17 bits per heavy atom. The van der Waals surface area contributed by atoms with Crippen molar-refractivity contribution in [3.8, 4) is 0 Å². The number of ether oxygens (including phenoxy) is 1. The van der Waals surface area contributed by atoms with Crippen LogP contribution in [0.15, 0.2) is 11.4 Å². The lowest BCUT2D eigenvalue weighted by atomic mass is 9.85. The number of hydrogen-bond acceptors (Lipinski definition) is 5. The number of hydrogen-bond donors (Lipinski definition) is 7. The maximum Gasteiger partial charge on any atom is 0.338 e. The van der Waals surface area contributed by atoms with Gasteiger partial charge in [-0.3, -0.25) is 9.59 Å². The predicted molar refractivity (Wildman–Crippen MR) is 179 cm³/mol. The lowest BCUT2D eigenvalue weighted by molar-refractivity contribution is -0.137. The normalized spacial score (nSPS) is 17.9. The van der Waals surface area contributed by atoms with E-state index in [1.54, 1.807) is 6.92 Å². The van der Waals surface area contributed by atoms with Crippen LogP contribution in [0.4, 0.5) is 0 Å². The van der Waals surface area contributed by atoms with Crippen LogP contribution in [-0.2, 0) is 20.7 Å². The molecule has 8 bridgehead atoms. The van der Waals surface area contributed by atoms with E-state index in [0.717, 1.165) is 56.5 Å². The molecule has 0 saturated carbocycles.